The van der Waals surface area contributed by atoms with Crippen LogP contribution in [-0.4, -0.2) is 35.3 Å². The Morgan fingerprint density at radius 2 is 2.00 bits per heavy atom. The van der Waals surface area contributed by atoms with E-state index >= 15 is 0 Å². The molecule has 2 aliphatic rings. The molecule has 2 fully saturated rings. The molecule has 1 aliphatic carbocycles. The van der Waals surface area contributed by atoms with E-state index in [2.05, 4.69) is 17.6 Å². The van der Waals surface area contributed by atoms with Gasteiger partial charge in [-0.1, -0.05) is 19.8 Å². The average Bonchev–Trinajstić information content (AvgIpc) is 2.83. The van der Waals surface area contributed by atoms with Crippen LogP contribution >= 0.6 is 0 Å². The summed E-state index contributed by atoms with van der Waals surface area (Å²) >= 11 is 0. The summed E-state index contributed by atoms with van der Waals surface area (Å²) < 4.78 is 27.7. The van der Waals surface area contributed by atoms with Gasteiger partial charge in [0.2, 0.25) is 5.91 Å². The molecule has 3 rings (SSSR count). The quantitative estimate of drug-likeness (QED) is 0.789. The molecule has 2 N–H and O–H groups in total. The zero-order valence-electron chi connectivity index (χ0n) is 15.4. The van der Waals surface area contributed by atoms with Gasteiger partial charge >= 0.3 is 6.03 Å². The number of benzene rings is 1. The van der Waals surface area contributed by atoms with Crippen molar-refractivity contribution in [3.63, 3.8) is 0 Å². The van der Waals surface area contributed by atoms with Gasteiger partial charge in [-0.2, -0.15) is 0 Å². The SMILES string of the molecule is C[C@@H]1CCCC[C@H]1NC(=O)CN1C(=O)N[C@@](C)(c2cc(F)ccc2F)C1=O. The number of nitrogens with zero attached hydrogens (tertiary/aromatic N) is 1. The summed E-state index contributed by atoms with van der Waals surface area (Å²) in [5.41, 5.74) is -2.04. The van der Waals surface area contributed by atoms with Gasteiger partial charge in [0.25, 0.3) is 5.91 Å². The molecule has 6 nitrogen and oxygen atoms in total. The lowest BCUT2D eigenvalue weighted by Crippen LogP contribution is -2.47. The van der Waals surface area contributed by atoms with E-state index in [1.165, 1.54) is 6.92 Å². The van der Waals surface area contributed by atoms with Crippen LogP contribution in [-0.2, 0) is 15.1 Å². The third-order valence-electron chi connectivity index (χ3n) is 5.50. The van der Waals surface area contributed by atoms with Gasteiger partial charge in [-0.15, -0.1) is 0 Å². The molecule has 3 atom stereocenters. The highest BCUT2D eigenvalue weighted by atomic mass is 19.1. The van der Waals surface area contributed by atoms with Crippen LogP contribution in [0.4, 0.5) is 13.6 Å². The van der Waals surface area contributed by atoms with Crippen molar-refractivity contribution < 1.29 is 23.2 Å². The number of carbonyl (C=O) groups is 3. The normalized spacial score (nSPS) is 28.2. The van der Waals surface area contributed by atoms with E-state index in [9.17, 15) is 23.2 Å². The van der Waals surface area contributed by atoms with E-state index in [-0.39, 0.29) is 11.6 Å². The molecular weight excluding hydrogens is 356 g/mol. The number of urea groups is 1. The molecule has 1 saturated carbocycles. The second kappa shape index (κ2) is 7.25. The molecule has 0 aromatic heterocycles. The number of carbonyl (C=O) groups excluding carboxylic acids is 3. The molecule has 1 heterocycles. The summed E-state index contributed by atoms with van der Waals surface area (Å²) in [6.07, 6.45) is 4.03. The van der Waals surface area contributed by atoms with Crippen molar-refractivity contribution in [2.45, 2.75) is 51.1 Å². The molecule has 1 aliphatic heterocycles. The molecule has 0 unspecified atom stereocenters. The van der Waals surface area contributed by atoms with Crippen LogP contribution in [0.2, 0.25) is 0 Å². The van der Waals surface area contributed by atoms with Crippen molar-refractivity contribution in [2.75, 3.05) is 6.54 Å². The molecule has 0 radical (unpaired) electrons. The molecule has 27 heavy (non-hydrogen) atoms. The predicted octanol–water partition coefficient (Wildman–Crippen LogP) is 2.43. The minimum Gasteiger partial charge on any atom is -0.352 e. The van der Waals surface area contributed by atoms with Crippen LogP contribution in [0.3, 0.4) is 0 Å². The lowest BCUT2D eigenvalue weighted by atomic mass is 9.86. The zero-order chi connectivity index (χ0) is 19.8. The molecule has 1 saturated heterocycles. The van der Waals surface area contributed by atoms with Gasteiger partial charge in [0.05, 0.1) is 0 Å². The molecule has 146 valence electrons. The Labute approximate surface area is 156 Å². The molecule has 1 aromatic carbocycles. The third kappa shape index (κ3) is 3.65. The second-order valence-electron chi connectivity index (χ2n) is 7.51. The Kier molecular flexibility index (Phi) is 5.17. The van der Waals surface area contributed by atoms with E-state index in [1.807, 2.05) is 0 Å². The summed E-state index contributed by atoms with van der Waals surface area (Å²) in [6, 6.07) is 1.91. The number of hydrogen-bond acceptors (Lipinski definition) is 3. The van der Waals surface area contributed by atoms with E-state index in [0.29, 0.717) is 5.92 Å². The highest BCUT2D eigenvalue weighted by molar-refractivity contribution is 6.09. The number of hydrogen-bond donors (Lipinski definition) is 2. The summed E-state index contributed by atoms with van der Waals surface area (Å²) in [6.45, 7) is 2.90. The third-order valence-corrected chi connectivity index (χ3v) is 5.50. The Balaban J connectivity index is 1.74. The number of amides is 4. The van der Waals surface area contributed by atoms with Gasteiger partial charge in [-0.25, -0.2) is 13.6 Å². The van der Waals surface area contributed by atoms with E-state index in [4.69, 9.17) is 0 Å². The van der Waals surface area contributed by atoms with Gasteiger partial charge in [-0.05, 0) is 43.9 Å². The van der Waals surface area contributed by atoms with Crippen LogP contribution in [0.5, 0.6) is 0 Å². The first kappa shape index (κ1) is 19.3. The van der Waals surface area contributed by atoms with E-state index in [1.54, 1.807) is 0 Å². The van der Waals surface area contributed by atoms with Gasteiger partial charge in [0.15, 0.2) is 0 Å². The van der Waals surface area contributed by atoms with Crippen LogP contribution in [0.1, 0.15) is 45.1 Å². The Hall–Kier alpha value is -2.51. The lowest BCUT2D eigenvalue weighted by Gasteiger charge is -2.30. The topological polar surface area (TPSA) is 78.5 Å². The number of halogens is 2. The summed E-state index contributed by atoms with van der Waals surface area (Å²) in [5, 5.41) is 5.26. The molecule has 4 amide bonds. The average molecular weight is 379 g/mol. The van der Waals surface area contributed by atoms with Crippen LogP contribution < -0.4 is 10.6 Å². The van der Waals surface area contributed by atoms with Crippen molar-refractivity contribution >= 4 is 17.8 Å². The largest absolute Gasteiger partial charge is 0.352 e. The lowest BCUT2D eigenvalue weighted by molar-refractivity contribution is -0.135. The van der Waals surface area contributed by atoms with Gasteiger partial charge in [-0.3, -0.25) is 14.5 Å². The molecule has 1 aromatic rings. The smallest absolute Gasteiger partial charge is 0.325 e. The maximum atomic E-state index is 14.1. The summed E-state index contributed by atoms with van der Waals surface area (Å²) in [7, 11) is 0. The summed E-state index contributed by atoms with van der Waals surface area (Å²) in [4.78, 5) is 38.1. The standard InChI is InChI=1S/C19H23F2N3O3/c1-11-5-3-4-6-15(11)22-16(25)10-24-17(26)19(2,23-18(24)27)13-9-12(20)7-8-14(13)21/h7-9,11,15H,3-6,10H2,1-2H3,(H,22,25)(H,23,27)/t11-,15-,19+/m1/s1. The minimum atomic E-state index is -1.76. The highest BCUT2D eigenvalue weighted by Gasteiger charge is 2.51. The maximum Gasteiger partial charge on any atom is 0.325 e. The van der Waals surface area contributed by atoms with Crippen molar-refractivity contribution in [3.05, 3.63) is 35.4 Å². The van der Waals surface area contributed by atoms with E-state index < -0.39 is 41.6 Å². The second-order valence-corrected chi connectivity index (χ2v) is 7.51. The predicted molar refractivity (Wildman–Crippen MR) is 93.5 cm³/mol. The molecule has 0 spiro atoms. The molecule has 8 heteroatoms. The van der Waals surface area contributed by atoms with E-state index in [0.717, 1.165) is 48.8 Å². The highest BCUT2D eigenvalue weighted by Crippen LogP contribution is 2.31. The summed E-state index contributed by atoms with van der Waals surface area (Å²) in [5.74, 6) is -2.44. The van der Waals surface area contributed by atoms with Crippen molar-refractivity contribution in [3.8, 4) is 0 Å². The van der Waals surface area contributed by atoms with Crippen molar-refractivity contribution in [1.82, 2.24) is 15.5 Å². The fourth-order valence-corrected chi connectivity index (χ4v) is 3.83. The fraction of sp³-hybridized carbons (Fsp3) is 0.526. The van der Waals surface area contributed by atoms with Gasteiger partial charge in [0.1, 0.15) is 23.7 Å². The molecule has 0 bridgehead atoms. The fourth-order valence-electron chi connectivity index (χ4n) is 3.83. The van der Waals surface area contributed by atoms with Gasteiger partial charge < -0.3 is 10.6 Å². The Bertz CT molecular complexity index is 785. The minimum absolute atomic E-state index is 0.0130. The van der Waals surface area contributed by atoms with Gasteiger partial charge in [0, 0.05) is 11.6 Å². The van der Waals surface area contributed by atoms with Crippen molar-refractivity contribution in [2.24, 2.45) is 5.92 Å². The van der Waals surface area contributed by atoms with Crippen LogP contribution in [0.25, 0.3) is 0 Å². The number of rotatable bonds is 4. The first-order valence-electron chi connectivity index (χ1n) is 9.11. The maximum absolute atomic E-state index is 14.1. The monoisotopic (exact) mass is 379 g/mol. The zero-order valence-corrected chi connectivity index (χ0v) is 15.4. The first-order chi connectivity index (χ1) is 12.7. The van der Waals surface area contributed by atoms with Crippen LogP contribution in [0.15, 0.2) is 18.2 Å². The first-order valence-corrected chi connectivity index (χ1v) is 9.11. The Morgan fingerprint density at radius 3 is 2.70 bits per heavy atom. The van der Waals surface area contributed by atoms with Crippen LogP contribution in [0, 0.1) is 17.6 Å². The number of imide groups is 1. The Morgan fingerprint density at radius 1 is 1.30 bits per heavy atom. The van der Waals surface area contributed by atoms with Crippen molar-refractivity contribution in [1.29, 1.82) is 0 Å². The number of nitrogens with one attached hydrogen (secondary N) is 2. The molecular formula is C19H23F2N3O3.